The third-order valence-electron chi connectivity index (χ3n) is 4.04. The number of ether oxygens (including phenoxy) is 1. The fourth-order valence-corrected chi connectivity index (χ4v) is 2.44. The van der Waals surface area contributed by atoms with Crippen LogP contribution in [0.5, 0.6) is 5.75 Å². The minimum Gasteiger partial charge on any atom is -0.483 e. The number of hydrogen-bond donors (Lipinski definition) is 1. The van der Waals surface area contributed by atoms with Gasteiger partial charge >= 0.3 is 5.97 Å². The number of aliphatic carboxylic acids is 1. The summed E-state index contributed by atoms with van der Waals surface area (Å²) < 4.78 is 5.58. The van der Waals surface area contributed by atoms with Crippen molar-refractivity contribution < 1.29 is 19.4 Å². The summed E-state index contributed by atoms with van der Waals surface area (Å²) in [4.78, 5) is 24.9. The first-order chi connectivity index (χ1) is 9.82. The average molecular weight is 291 g/mol. The van der Waals surface area contributed by atoms with E-state index in [0.29, 0.717) is 18.7 Å². The Hall–Kier alpha value is -2.04. The Morgan fingerprint density at radius 2 is 2.10 bits per heavy atom. The molecule has 0 radical (unpaired) electrons. The van der Waals surface area contributed by atoms with E-state index in [-0.39, 0.29) is 19.1 Å². The highest BCUT2D eigenvalue weighted by Gasteiger charge is 2.42. The number of rotatable bonds is 4. The summed E-state index contributed by atoms with van der Waals surface area (Å²) in [6, 6.07) is 5.84. The summed E-state index contributed by atoms with van der Waals surface area (Å²) in [6.07, 6.45) is 0.484. The van der Waals surface area contributed by atoms with Gasteiger partial charge in [0.1, 0.15) is 5.75 Å². The first-order valence-corrected chi connectivity index (χ1v) is 7.03. The van der Waals surface area contributed by atoms with Crippen LogP contribution in [0, 0.1) is 19.3 Å². The minimum atomic E-state index is -0.853. The molecule has 1 atom stereocenters. The molecule has 0 saturated carbocycles. The first kappa shape index (κ1) is 15.4. The Balaban J connectivity index is 1.94. The molecule has 0 aliphatic carbocycles. The Labute approximate surface area is 124 Å². The molecule has 1 aromatic carbocycles. The van der Waals surface area contributed by atoms with Gasteiger partial charge in [0, 0.05) is 13.1 Å². The van der Waals surface area contributed by atoms with E-state index in [4.69, 9.17) is 4.74 Å². The number of carbonyl (C=O) groups is 2. The number of nitrogens with zero attached hydrogens (tertiary/aromatic N) is 1. The number of aryl methyl sites for hydroxylation is 2. The highest BCUT2D eigenvalue weighted by atomic mass is 16.5. The summed E-state index contributed by atoms with van der Waals surface area (Å²) >= 11 is 0. The maximum Gasteiger partial charge on any atom is 0.311 e. The Kier molecular flexibility index (Phi) is 4.21. The molecule has 0 bridgehead atoms. The van der Waals surface area contributed by atoms with Crippen molar-refractivity contribution in [3.8, 4) is 5.75 Å². The van der Waals surface area contributed by atoms with E-state index in [0.717, 1.165) is 11.1 Å². The standard InChI is InChI=1S/C16H21NO4/c1-11-4-5-12(2)13(8-11)21-9-14(18)17-7-6-16(3,10-17)15(19)20/h4-5,8H,6-7,9-10H2,1-3H3,(H,19,20). The molecule has 0 spiro atoms. The molecule has 1 aliphatic heterocycles. The molecule has 21 heavy (non-hydrogen) atoms. The van der Waals surface area contributed by atoms with E-state index >= 15 is 0 Å². The summed E-state index contributed by atoms with van der Waals surface area (Å²) in [5, 5.41) is 9.18. The molecule has 1 unspecified atom stereocenters. The van der Waals surface area contributed by atoms with E-state index in [9.17, 15) is 14.7 Å². The predicted molar refractivity (Wildman–Crippen MR) is 78.4 cm³/mol. The number of carbonyl (C=O) groups excluding carboxylic acids is 1. The molecular formula is C16H21NO4. The number of likely N-dealkylation sites (tertiary alicyclic amines) is 1. The number of benzene rings is 1. The molecule has 5 heteroatoms. The van der Waals surface area contributed by atoms with Crippen molar-refractivity contribution in [3.05, 3.63) is 29.3 Å². The monoisotopic (exact) mass is 291 g/mol. The van der Waals surface area contributed by atoms with Crippen molar-refractivity contribution in [2.24, 2.45) is 5.41 Å². The third kappa shape index (κ3) is 3.35. The zero-order chi connectivity index (χ0) is 15.6. The van der Waals surface area contributed by atoms with Gasteiger partial charge in [-0.2, -0.15) is 0 Å². The first-order valence-electron chi connectivity index (χ1n) is 7.03. The van der Waals surface area contributed by atoms with Gasteiger partial charge in [0.25, 0.3) is 5.91 Å². The van der Waals surface area contributed by atoms with Gasteiger partial charge in [-0.25, -0.2) is 0 Å². The zero-order valence-corrected chi connectivity index (χ0v) is 12.7. The van der Waals surface area contributed by atoms with E-state index in [1.54, 1.807) is 11.8 Å². The Morgan fingerprint density at radius 3 is 2.71 bits per heavy atom. The van der Waals surface area contributed by atoms with Crippen LogP contribution in [-0.2, 0) is 9.59 Å². The van der Waals surface area contributed by atoms with Gasteiger partial charge in [-0.05, 0) is 44.4 Å². The molecular weight excluding hydrogens is 270 g/mol. The third-order valence-corrected chi connectivity index (χ3v) is 4.04. The maximum absolute atomic E-state index is 12.1. The predicted octanol–water partition coefficient (Wildman–Crippen LogP) is 2.01. The normalized spacial score (nSPS) is 21.4. The van der Waals surface area contributed by atoms with E-state index in [1.165, 1.54) is 0 Å². The van der Waals surface area contributed by atoms with Crippen molar-refractivity contribution in [2.45, 2.75) is 27.2 Å². The number of amides is 1. The molecule has 2 rings (SSSR count). The quantitative estimate of drug-likeness (QED) is 0.921. The second-order valence-electron chi connectivity index (χ2n) is 5.99. The average Bonchev–Trinajstić information content (AvgIpc) is 2.84. The molecule has 1 N–H and O–H groups in total. The topological polar surface area (TPSA) is 66.8 Å². The molecule has 5 nitrogen and oxygen atoms in total. The molecule has 1 saturated heterocycles. The molecule has 114 valence electrons. The lowest BCUT2D eigenvalue weighted by Crippen LogP contribution is -2.37. The van der Waals surface area contributed by atoms with Gasteiger partial charge in [0.15, 0.2) is 6.61 Å². The minimum absolute atomic E-state index is 0.0556. The van der Waals surface area contributed by atoms with Crippen LogP contribution in [0.4, 0.5) is 0 Å². The van der Waals surface area contributed by atoms with Crippen LogP contribution in [0.25, 0.3) is 0 Å². The highest BCUT2D eigenvalue weighted by Crippen LogP contribution is 2.30. The lowest BCUT2D eigenvalue weighted by Gasteiger charge is -2.20. The Bertz CT molecular complexity index is 569. The van der Waals surface area contributed by atoms with Gasteiger partial charge in [0.05, 0.1) is 5.41 Å². The zero-order valence-electron chi connectivity index (χ0n) is 12.7. The van der Waals surface area contributed by atoms with Crippen molar-refractivity contribution in [2.75, 3.05) is 19.7 Å². The molecule has 1 amide bonds. The lowest BCUT2D eigenvalue weighted by molar-refractivity contribution is -0.147. The van der Waals surface area contributed by atoms with Crippen LogP contribution in [0.1, 0.15) is 24.5 Å². The number of hydrogen-bond acceptors (Lipinski definition) is 3. The largest absolute Gasteiger partial charge is 0.483 e. The summed E-state index contributed by atoms with van der Waals surface area (Å²) in [6.45, 7) is 6.23. The van der Waals surface area contributed by atoms with E-state index < -0.39 is 11.4 Å². The molecule has 1 aromatic rings. The van der Waals surface area contributed by atoms with Crippen LogP contribution >= 0.6 is 0 Å². The van der Waals surface area contributed by atoms with Crippen molar-refractivity contribution >= 4 is 11.9 Å². The number of carboxylic acids is 1. The fraction of sp³-hybridized carbons (Fsp3) is 0.500. The van der Waals surface area contributed by atoms with Crippen molar-refractivity contribution in [1.29, 1.82) is 0 Å². The molecule has 0 aromatic heterocycles. The van der Waals surface area contributed by atoms with Gasteiger partial charge in [-0.1, -0.05) is 12.1 Å². The second kappa shape index (κ2) is 5.76. The van der Waals surface area contributed by atoms with Gasteiger partial charge in [0.2, 0.25) is 0 Å². The van der Waals surface area contributed by atoms with Gasteiger partial charge in [-0.3, -0.25) is 9.59 Å². The van der Waals surface area contributed by atoms with E-state index in [1.807, 2.05) is 32.0 Å². The summed E-state index contributed by atoms with van der Waals surface area (Å²) in [5.41, 5.74) is 1.21. The summed E-state index contributed by atoms with van der Waals surface area (Å²) in [7, 11) is 0. The van der Waals surface area contributed by atoms with Crippen LogP contribution in [-0.4, -0.2) is 41.6 Å². The highest BCUT2D eigenvalue weighted by molar-refractivity contribution is 5.81. The fourth-order valence-electron chi connectivity index (χ4n) is 2.44. The molecule has 1 aliphatic rings. The van der Waals surface area contributed by atoms with Gasteiger partial charge < -0.3 is 14.7 Å². The smallest absolute Gasteiger partial charge is 0.311 e. The second-order valence-corrected chi connectivity index (χ2v) is 5.99. The van der Waals surface area contributed by atoms with Crippen LogP contribution in [0.15, 0.2) is 18.2 Å². The van der Waals surface area contributed by atoms with Crippen molar-refractivity contribution in [1.82, 2.24) is 4.90 Å². The maximum atomic E-state index is 12.1. The molecule has 1 heterocycles. The van der Waals surface area contributed by atoms with Crippen LogP contribution in [0.2, 0.25) is 0 Å². The van der Waals surface area contributed by atoms with E-state index in [2.05, 4.69) is 0 Å². The Morgan fingerprint density at radius 1 is 1.38 bits per heavy atom. The summed E-state index contributed by atoms with van der Waals surface area (Å²) in [5.74, 6) is -0.322. The number of carboxylic acid groups (broad SMARTS) is 1. The van der Waals surface area contributed by atoms with Crippen LogP contribution in [0.3, 0.4) is 0 Å². The SMILES string of the molecule is Cc1ccc(C)c(OCC(=O)N2CCC(C)(C(=O)O)C2)c1. The van der Waals surface area contributed by atoms with Crippen molar-refractivity contribution in [3.63, 3.8) is 0 Å². The lowest BCUT2D eigenvalue weighted by atomic mass is 9.90. The molecule has 1 fully saturated rings. The van der Waals surface area contributed by atoms with Crippen LogP contribution < -0.4 is 4.74 Å². The van der Waals surface area contributed by atoms with Gasteiger partial charge in [-0.15, -0.1) is 0 Å².